The summed E-state index contributed by atoms with van der Waals surface area (Å²) in [7, 11) is 0. The van der Waals surface area contributed by atoms with Gasteiger partial charge in [-0.05, 0) is 12.8 Å². The molecule has 0 radical (unpaired) electrons. The van der Waals surface area contributed by atoms with Crippen LogP contribution < -0.4 is 5.32 Å². The Morgan fingerprint density at radius 2 is 1.83 bits per heavy atom. The van der Waals surface area contributed by atoms with Crippen molar-refractivity contribution in [3.8, 4) is 0 Å². The highest BCUT2D eigenvalue weighted by molar-refractivity contribution is 5.05. The standard InChI is InChI=1S/C11H23NO6/c1-2-6(4-13)12-7-3-11(18,5-14)10(17)9(16)8(7)15/h6-10,12-18H,2-5H2,1H3/t6?,7-,8-,9+,10-,11-/m0/s1. The molecule has 7 N–H and O–H groups in total. The van der Waals surface area contributed by atoms with Crippen LogP contribution in [0.25, 0.3) is 0 Å². The van der Waals surface area contributed by atoms with Gasteiger partial charge >= 0.3 is 0 Å². The first-order valence-corrected chi connectivity index (χ1v) is 6.14. The highest BCUT2D eigenvalue weighted by atomic mass is 16.4. The van der Waals surface area contributed by atoms with Crippen molar-refractivity contribution in [3.63, 3.8) is 0 Å². The molecule has 0 aromatic carbocycles. The average Bonchev–Trinajstić information content (AvgIpc) is 2.39. The van der Waals surface area contributed by atoms with Crippen molar-refractivity contribution in [1.29, 1.82) is 0 Å². The smallest absolute Gasteiger partial charge is 0.118 e. The third-order valence-corrected chi connectivity index (χ3v) is 3.65. The van der Waals surface area contributed by atoms with Gasteiger partial charge in [-0.15, -0.1) is 0 Å². The van der Waals surface area contributed by atoms with Crippen LogP contribution in [0.1, 0.15) is 19.8 Å². The maximum absolute atomic E-state index is 9.99. The van der Waals surface area contributed by atoms with Gasteiger partial charge in [-0.2, -0.15) is 0 Å². The summed E-state index contributed by atoms with van der Waals surface area (Å²) in [6.45, 7) is 0.981. The molecule has 0 aliphatic heterocycles. The third kappa shape index (κ3) is 3.00. The van der Waals surface area contributed by atoms with Gasteiger partial charge in [0.05, 0.1) is 19.3 Å². The molecule has 0 amide bonds. The summed E-state index contributed by atoms with van der Waals surface area (Å²) in [5, 5.41) is 60.2. The Labute approximate surface area is 106 Å². The molecule has 0 aromatic heterocycles. The molecule has 0 bridgehead atoms. The summed E-state index contributed by atoms with van der Waals surface area (Å²) < 4.78 is 0. The first-order chi connectivity index (χ1) is 8.39. The van der Waals surface area contributed by atoms with Crippen molar-refractivity contribution in [1.82, 2.24) is 5.32 Å². The molecule has 0 saturated heterocycles. The highest BCUT2D eigenvalue weighted by Gasteiger charge is 2.51. The minimum Gasteiger partial charge on any atom is -0.395 e. The Hall–Kier alpha value is -0.280. The minimum absolute atomic E-state index is 0.112. The molecule has 108 valence electrons. The third-order valence-electron chi connectivity index (χ3n) is 3.65. The second-order valence-corrected chi connectivity index (χ2v) is 4.95. The van der Waals surface area contributed by atoms with Gasteiger partial charge in [-0.1, -0.05) is 6.92 Å². The first kappa shape index (κ1) is 15.8. The van der Waals surface area contributed by atoms with Crippen LogP contribution in [0.15, 0.2) is 0 Å². The van der Waals surface area contributed by atoms with E-state index < -0.39 is 36.6 Å². The Balaban J connectivity index is 2.79. The largest absolute Gasteiger partial charge is 0.395 e. The molecule has 7 nitrogen and oxygen atoms in total. The Morgan fingerprint density at radius 1 is 1.22 bits per heavy atom. The van der Waals surface area contributed by atoms with Crippen LogP contribution in [0.2, 0.25) is 0 Å². The van der Waals surface area contributed by atoms with E-state index in [2.05, 4.69) is 5.32 Å². The molecule has 7 heteroatoms. The van der Waals surface area contributed by atoms with Crippen molar-refractivity contribution in [2.75, 3.05) is 13.2 Å². The van der Waals surface area contributed by atoms with E-state index in [1.54, 1.807) is 0 Å². The second kappa shape index (κ2) is 6.25. The number of nitrogens with one attached hydrogen (secondary N) is 1. The van der Waals surface area contributed by atoms with Gasteiger partial charge in [0.2, 0.25) is 0 Å². The molecule has 1 fully saturated rings. The summed E-state index contributed by atoms with van der Waals surface area (Å²) in [6.07, 6.45) is -3.93. The molecule has 0 spiro atoms. The molecule has 0 heterocycles. The Kier molecular flexibility index (Phi) is 5.47. The molecular formula is C11H23NO6. The fraction of sp³-hybridized carbons (Fsp3) is 1.00. The van der Waals surface area contributed by atoms with Crippen molar-refractivity contribution in [3.05, 3.63) is 0 Å². The SMILES string of the molecule is CCC(CO)N[C@H]1C[C@](O)(CO)[C@@H](O)[C@H](O)[C@H]1O. The zero-order valence-corrected chi connectivity index (χ0v) is 10.4. The van der Waals surface area contributed by atoms with Crippen LogP contribution in [0.4, 0.5) is 0 Å². The number of aliphatic hydroxyl groups is 6. The van der Waals surface area contributed by atoms with E-state index in [1.807, 2.05) is 6.92 Å². The van der Waals surface area contributed by atoms with Gasteiger partial charge in [-0.3, -0.25) is 0 Å². The predicted molar refractivity (Wildman–Crippen MR) is 62.8 cm³/mol. The van der Waals surface area contributed by atoms with Crippen LogP contribution in [-0.4, -0.2) is 79.8 Å². The topological polar surface area (TPSA) is 133 Å². The van der Waals surface area contributed by atoms with Gasteiger partial charge in [0.1, 0.15) is 17.8 Å². The molecule has 1 unspecified atom stereocenters. The van der Waals surface area contributed by atoms with Crippen LogP contribution in [0.3, 0.4) is 0 Å². The lowest BCUT2D eigenvalue weighted by Crippen LogP contribution is -2.67. The zero-order valence-electron chi connectivity index (χ0n) is 10.4. The van der Waals surface area contributed by atoms with Crippen molar-refractivity contribution in [2.24, 2.45) is 0 Å². The van der Waals surface area contributed by atoms with Gasteiger partial charge in [0.25, 0.3) is 0 Å². The maximum atomic E-state index is 9.99. The molecule has 18 heavy (non-hydrogen) atoms. The molecule has 1 rings (SSSR count). The number of hydrogen-bond acceptors (Lipinski definition) is 7. The summed E-state index contributed by atoms with van der Waals surface area (Å²) in [5.41, 5.74) is -1.86. The van der Waals surface area contributed by atoms with E-state index in [1.165, 1.54) is 0 Å². The maximum Gasteiger partial charge on any atom is 0.118 e. The number of hydrogen-bond donors (Lipinski definition) is 7. The minimum atomic E-state index is -1.86. The van der Waals surface area contributed by atoms with Crippen molar-refractivity contribution < 1.29 is 30.6 Å². The lowest BCUT2D eigenvalue weighted by Gasteiger charge is -2.46. The van der Waals surface area contributed by atoms with E-state index in [0.29, 0.717) is 6.42 Å². The Morgan fingerprint density at radius 3 is 2.28 bits per heavy atom. The lowest BCUT2D eigenvalue weighted by molar-refractivity contribution is -0.207. The molecule has 6 atom stereocenters. The highest BCUT2D eigenvalue weighted by Crippen LogP contribution is 2.29. The van der Waals surface area contributed by atoms with Crippen molar-refractivity contribution >= 4 is 0 Å². The molecule has 1 aliphatic rings. The van der Waals surface area contributed by atoms with Crippen LogP contribution in [-0.2, 0) is 0 Å². The summed E-state index contributed by atoms with van der Waals surface area (Å²) in [5.74, 6) is 0. The van der Waals surface area contributed by atoms with E-state index in [-0.39, 0.29) is 19.1 Å². The van der Waals surface area contributed by atoms with Gasteiger partial charge < -0.3 is 36.0 Å². The second-order valence-electron chi connectivity index (χ2n) is 4.95. The summed E-state index contributed by atoms with van der Waals surface area (Å²) in [4.78, 5) is 0. The quantitative estimate of drug-likeness (QED) is 0.280. The zero-order chi connectivity index (χ0) is 13.9. The first-order valence-electron chi connectivity index (χ1n) is 6.14. The summed E-state index contributed by atoms with van der Waals surface area (Å²) in [6, 6.07) is -0.993. The lowest BCUT2D eigenvalue weighted by atomic mass is 9.76. The number of aliphatic hydroxyl groups excluding tert-OH is 5. The Bertz CT molecular complexity index is 262. The van der Waals surface area contributed by atoms with Gasteiger partial charge in [0.15, 0.2) is 0 Å². The van der Waals surface area contributed by atoms with Crippen LogP contribution in [0.5, 0.6) is 0 Å². The predicted octanol–water partition coefficient (Wildman–Crippen LogP) is -3.07. The van der Waals surface area contributed by atoms with E-state index in [0.717, 1.165) is 0 Å². The fourth-order valence-corrected chi connectivity index (χ4v) is 2.28. The van der Waals surface area contributed by atoms with Crippen LogP contribution in [0, 0.1) is 0 Å². The van der Waals surface area contributed by atoms with E-state index >= 15 is 0 Å². The van der Waals surface area contributed by atoms with Crippen molar-refractivity contribution in [2.45, 2.75) is 55.8 Å². The monoisotopic (exact) mass is 265 g/mol. The fourth-order valence-electron chi connectivity index (χ4n) is 2.28. The van der Waals surface area contributed by atoms with E-state index in [9.17, 15) is 20.4 Å². The molecular weight excluding hydrogens is 242 g/mol. The summed E-state index contributed by atoms with van der Waals surface area (Å²) >= 11 is 0. The van der Waals surface area contributed by atoms with E-state index in [4.69, 9.17) is 10.2 Å². The molecule has 1 saturated carbocycles. The normalized spacial score (nSPS) is 42.8. The van der Waals surface area contributed by atoms with Gasteiger partial charge in [0, 0.05) is 12.1 Å². The average molecular weight is 265 g/mol. The van der Waals surface area contributed by atoms with Gasteiger partial charge in [-0.25, -0.2) is 0 Å². The van der Waals surface area contributed by atoms with Crippen LogP contribution >= 0.6 is 0 Å². The molecule has 1 aliphatic carbocycles. The number of rotatable bonds is 5. The molecule has 0 aromatic rings.